The van der Waals surface area contributed by atoms with Gasteiger partial charge in [0.05, 0.1) is 10.6 Å². The van der Waals surface area contributed by atoms with Crippen molar-refractivity contribution >= 4 is 31.7 Å². The molecular formula is C17H26BrN3O2S. The number of benzene rings is 1. The number of rotatable bonds is 7. The third-order valence-electron chi connectivity index (χ3n) is 4.85. The first kappa shape index (κ1) is 19.2. The first-order valence-corrected chi connectivity index (χ1v) is 10.8. The van der Waals surface area contributed by atoms with Gasteiger partial charge < -0.3 is 10.6 Å². The average Bonchev–Trinajstić information content (AvgIpc) is 2.52. The molecule has 1 fully saturated rings. The summed E-state index contributed by atoms with van der Waals surface area (Å²) >= 11 is 3.31. The smallest absolute Gasteiger partial charge is 0.191 e. The van der Waals surface area contributed by atoms with Crippen LogP contribution in [0, 0.1) is 5.41 Å². The normalized spacial score (nSPS) is 17.2. The van der Waals surface area contributed by atoms with Crippen LogP contribution in [0.1, 0.15) is 32.6 Å². The predicted molar refractivity (Wildman–Crippen MR) is 102 cm³/mol. The van der Waals surface area contributed by atoms with E-state index in [1.165, 1.54) is 19.3 Å². The van der Waals surface area contributed by atoms with E-state index >= 15 is 0 Å². The van der Waals surface area contributed by atoms with Gasteiger partial charge in [-0.25, -0.2) is 8.42 Å². The van der Waals surface area contributed by atoms with Crippen LogP contribution in [0.2, 0.25) is 0 Å². The lowest BCUT2D eigenvalue weighted by Gasteiger charge is -2.41. The number of hydrogen-bond donors (Lipinski definition) is 2. The number of sulfone groups is 1. The van der Waals surface area contributed by atoms with E-state index in [-0.39, 0.29) is 5.75 Å². The summed E-state index contributed by atoms with van der Waals surface area (Å²) in [5.41, 5.74) is 0.390. The molecule has 0 spiro atoms. The quantitative estimate of drug-likeness (QED) is 0.530. The maximum Gasteiger partial charge on any atom is 0.191 e. The lowest BCUT2D eigenvalue weighted by Crippen LogP contribution is -2.47. The van der Waals surface area contributed by atoms with Gasteiger partial charge in [-0.2, -0.15) is 0 Å². The summed E-state index contributed by atoms with van der Waals surface area (Å²) in [4.78, 5) is 4.52. The summed E-state index contributed by atoms with van der Waals surface area (Å²) in [5, 5.41) is 6.44. The van der Waals surface area contributed by atoms with Crippen LogP contribution in [0.15, 0.2) is 38.6 Å². The van der Waals surface area contributed by atoms with Crippen LogP contribution >= 0.6 is 15.9 Å². The molecule has 1 aromatic rings. The number of hydrogen-bond acceptors (Lipinski definition) is 3. The fourth-order valence-corrected chi connectivity index (χ4v) is 4.31. The highest BCUT2D eigenvalue weighted by Crippen LogP contribution is 2.42. The van der Waals surface area contributed by atoms with Crippen LogP contribution in [0.5, 0.6) is 0 Å². The van der Waals surface area contributed by atoms with Gasteiger partial charge >= 0.3 is 0 Å². The molecule has 0 amide bonds. The van der Waals surface area contributed by atoms with Crippen molar-refractivity contribution in [3.8, 4) is 0 Å². The van der Waals surface area contributed by atoms with Crippen molar-refractivity contribution in [3.05, 3.63) is 28.7 Å². The van der Waals surface area contributed by atoms with Crippen LogP contribution in [-0.4, -0.2) is 40.3 Å². The molecule has 0 heterocycles. The molecule has 5 nitrogen and oxygen atoms in total. The Morgan fingerprint density at radius 2 is 1.92 bits per heavy atom. The standard InChI is InChI=1S/C17H26BrN3O2S/c1-3-17(9-4-10-17)13-21-16(19-2)20-11-12-24(22,23)15-7-5-14(18)6-8-15/h5-8H,3-4,9-13H2,1-2H3,(H2,19,20,21). The van der Waals surface area contributed by atoms with Crippen molar-refractivity contribution in [1.82, 2.24) is 10.6 Å². The second kappa shape index (κ2) is 8.34. The van der Waals surface area contributed by atoms with Crippen molar-refractivity contribution in [1.29, 1.82) is 0 Å². The molecule has 0 atom stereocenters. The van der Waals surface area contributed by atoms with Gasteiger partial charge in [-0.3, -0.25) is 4.99 Å². The fourth-order valence-electron chi connectivity index (χ4n) is 2.89. The lowest BCUT2D eigenvalue weighted by molar-refractivity contribution is 0.131. The van der Waals surface area contributed by atoms with Crippen molar-refractivity contribution in [2.75, 3.05) is 25.9 Å². The average molecular weight is 416 g/mol. The molecule has 7 heteroatoms. The molecule has 0 bridgehead atoms. The second-order valence-electron chi connectivity index (χ2n) is 6.33. The van der Waals surface area contributed by atoms with Crippen LogP contribution in [0.3, 0.4) is 0 Å². The molecular weight excluding hydrogens is 390 g/mol. The Kier molecular flexibility index (Phi) is 6.69. The Morgan fingerprint density at radius 3 is 2.42 bits per heavy atom. The van der Waals surface area contributed by atoms with Crippen LogP contribution in [0.25, 0.3) is 0 Å². The number of aliphatic imine (C=N–C) groups is 1. The summed E-state index contributed by atoms with van der Waals surface area (Å²) in [5.74, 6) is 0.703. The zero-order chi connectivity index (χ0) is 17.6. The minimum absolute atomic E-state index is 0.0360. The van der Waals surface area contributed by atoms with E-state index in [0.717, 1.165) is 17.4 Å². The number of halogens is 1. The van der Waals surface area contributed by atoms with Crippen molar-refractivity contribution in [2.45, 2.75) is 37.5 Å². The SMILES string of the molecule is CCC1(CNC(=NC)NCCS(=O)(=O)c2ccc(Br)cc2)CCC1. The van der Waals surface area contributed by atoms with Crippen LogP contribution in [-0.2, 0) is 9.84 Å². The largest absolute Gasteiger partial charge is 0.356 e. The number of nitrogens with one attached hydrogen (secondary N) is 2. The van der Waals surface area contributed by atoms with E-state index in [1.807, 2.05) is 0 Å². The second-order valence-corrected chi connectivity index (χ2v) is 9.36. The van der Waals surface area contributed by atoms with Crippen LogP contribution in [0.4, 0.5) is 0 Å². The first-order valence-electron chi connectivity index (χ1n) is 8.34. The van der Waals surface area contributed by atoms with Gasteiger partial charge in [0, 0.05) is 24.6 Å². The maximum atomic E-state index is 12.3. The molecule has 1 saturated carbocycles. The van der Waals surface area contributed by atoms with Gasteiger partial charge in [0.25, 0.3) is 0 Å². The molecule has 0 radical (unpaired) electrons. The molecule has 2 N–H and O–H groups in total. The van der Waals surface area contributed by atoms with Gasteiger partial charge in [0.1, 0.15) is 0 Å². The van der Waals surface area contributed by atoms with Gasteiger partial charge in [-0.1, -0.05) is 29.3 Å². The predicted octanol–water partition coefficient (Wildman–Crippen LogP) is 2.97. The highest BCUT2D eigenvalue weighted by Gasteiger charge is 2.34. The summed E-state index contributed by atoms with van der Waals surface area (Å²) in [6.07, 6.45) is 4.97. The zero-order valence-corrected chi connectivity index (χ0v) is 16.7. The molecule has 24 heavy (non-hydrogen) atoms. The molecule has 1 aliphatic carbocycles. The Labute approximate surface area is 153 Å². The van der Waals surface area contributed by atoms with E-state index < -0.39 is 9.84 Å². The molecule has 0 saturated heterocycles. The van der Waals surface area contributed by atoms with Gasteiger partial charge in [0.2, 0.25) is 0 Å². The summed E-state index contributed by atoms with van der Waals surface area (Å²) in [6.45, 7) is 3.45. The van der Waals surface area contributed by atoms with Gasteiger partial charge in [-0.05, 0) is 48.9 Å². The summed E-state index contributed by atoms with van der Waals surface area (Å²) < 4.78 is 25.5. The van der Waals surface area contributed by atoms with E-state index in [0.29, 0.717) is 22.8 Å². The summed E-state index contributed by atoms with van der Waals surface area (Å²) in [6, 6.07) is 6.72. The van der Waals surface area contributed by atoms with E-state index in [1.54, 1.807) is 31.3 Å². The highest BCUT2D eigenvalue weighted by atomic mass is 79.9. The molecule has 0 unspecified atom stereocenters. The van der Waals surface area contributed by atoms with Gasteiger partial charge in [0.15, 0.2) is 15.8 Å². The molecule has 1 aromatic carbocycles. The van der Waals surface area contributed by atoms with E-state index in [2.05, 4.69) is 38.5 Å². The maximum absolute atomic E-state index is 12.3. The molecule has 2 rings (SSSR count). The minimum Gasteiger partial charge on any atom is -0.356 e. The Morgan fingerprint density at radius 1 is 1.25 bits per heavy atom. The highest BCUT2D eigenvalue weighted by molar-refractivity contribution is 9.10. The monoisotopic (exact) mass is 415 g/mol. The summed E-state index contributed by atoms with van der Waals surface area (Å²) in [7, 11) is -1.58. The number of guanidine groups is 1. The van der Waals surface area contributed by atoms with Gasteiger partial charge in [-0.15, -0.1) is 0 Å². The zero-order valence-electron chi connectivity index (χ0n) is 14.3. The topological polar surface area (TPSA) is 70.6 Å². The van der Waals surface area contributed by atoms with E-state index in [4.69, 9.17) is 0 Å². The Hall–Kier alpha value is -1.08. The van der Waals surface area contributed by atoms with Crippen molar-refractivity contribution in [2.24, 2.45) is 10.4 Å². The lowest BCUT2D eigenvalue weighted by atomic mass is 9.67. The minimum atomic E-state index is -3.29. The van der Waals surface area contributed by atoms with E-state index in [9.17, 15) is 8.42 Å². The third-order valence-corrected chi connectivity index (χ3v) is 7.12. The first-order chi connectivity index (χ1) is 11.4. The van der Waals surface area contributed by atoms with Crippen molar-refractivity contribution < 1.29 is 8.42 Å². The Bertz CT molecular complexity index is 662. The number of nitrogens with zero attached hydrogens (tertiary/aromatic N) is 1. The van der Waals surface area contributed by atoms with Crippen LogP contribution < -0.4 is 10.6 Å². The molecule has 0 aliphatic heterocycles. The fraction of sp³-hybridized carbons (Fsp3) is 0.588. The van der Waals surface area contributed by atoms with Crippen molar-refractivity contribution in [3.63, 3.8) is 0 Å². The third kappa shape index (κ3) is 4.96. The molecule has 0 aromatic heterocycles. The molecule has 134 valence electrons. The Balaban J connectivity index is 1.82. The molecule has 1 aliphatic rings.